The lowest BCUT2D eigenvalue weighted by molar-refractivity contribution is 0.551. The van der Waals surface area contributed by atoms with Gasteiger partial charge in [-0.15, -0.1) is 0 Å². The number of hydrogen-bond donors (Lipinski definition) is 4. The Labute approximate surface area is 215 Å². The largest absolute Gasteiger partial charge is 0.397 e. The molecule has 0 spiro atoms. The lowest BCUT2D eigenvalue weighted by Gasteiger charge is -2.43. The molecule has 3 heterocycles. The van der Waals surface area contributed by atoms with E-state index in [1.54, 1.807) is 0 Å². The molecule has 37 heavy (non-hydrogen) atoms. The quantitative estimate of drug-likeness (QED) is 0.314. The van der Waals surface area contributed by atoms with Crippen molar-refractivity contribution in [3.05, 3.63) is 82.4 Å². The molecule has 6 N–H and O–H groups in total. The lowest BCUT2D eigenvalue weighted by Crippen LogP contribution is -2.44. The van der Waals surface area contributed by atoms with Crippen LogP contribution in [0.2, 0.25) is 0 Å². The maximum Gasteiger partial charge on any atom is 0.211 e. The summed E-state index contributed by atoms with van der Waals surface area (Å²) in [5, 5.41) is 24.3. The number of allylic oxidation sites excluding steroid dienone is 1. The molecule has 1 aromatic heterocycles. The van der Waals surface area contributed by atoms with Crippen LogP contribution in [0, 0.1) is 22.8 Å². The minimum atomic E-state index is -0.595. The van der Waals surface area contributed by atoms with Gasteiger partial charge in [0, 0.05) is 23.4 Å². The fraction of sp³-hybridized carbons (Fsp3) is 0.214. The van der Waals surface area contributed by atoms with Crippen LogP contribution >= 0.6 is 0 Å². The van der Waals surface area contributed by atoms with Crippen LogP contribution in [0.4, 0.5) is 23.0 Å². The van der Waals surface area contributed by atoms with E-state index in [0.717, 1.165) is 28.9 Å². The number of nitrogens with two attached hydrogens (primary N) is 2. The SMILES string of the molecule is CC1=CC(C)(C)N(Cc2ccccc2)c2ccc(C3N=C(NC#N)Nc4nc(N)c(C#N)c(N)c43)cc21. The van der Waals surface area contributed by atoms with Crippen molar-refractivity contribution in [2.45, 2.75) is 38.9 Å². The van der Waals surface area contributed by atoms with Gasteiger partial charge in [-0.2, -0.15) is 10.5 Å². The molecule has 5 rings (SSSR count). The van der Waals surface area contributed by atoms with Crippen LogP contribution in [0.5, 0.6) is 0 Å². The second-order valence-corrected chi connectivity index (χ2v) is 9.73. The Hall–Kier alpha value is -5.02. The molecule has 2 aromatic carbocycles. The number of nitrogens with one attached hydrogen (secondary N) is 2. The molecular weight excluding hydrogens is 462 g/mol. The Balaban J connectivity index is 1.65. The van der Waals surface area contributed by atoms with Crippen molar-refractivity contribution >= 4 is 34.5 Å². The summed E-state index contributed by atoms with van der Waals surface area (Å²) in [5.41, 5.74) is 18.5. The van der Waals surface area contributed by atoms with Crippen LogP contribution in [-0.2, 0) is 6.54 Å². The molecule has 0 saturated heterocycles. The molecule has 9 nitrogen and oxygen atoms in total. The van der Waals surface area contributed by atoms with Gasteiger partial charge in [-0.25, -0.2) is 9.98 Å². The van der Waals surface area contributed by atoms with Gasteiger partial charge >= 0.3 is 0 Å². The second kappa shape index (κ2) is 8.89. The molecule has 0 bridgehead atoms. The number of anilines is 4. The lowest BCUT2D eigenvalue weighted by atomic mass is 9.85. The van der Waals surface area contributed by atoms with Gasteiger partial charge in [0.15, 0.2) is 6.19 Å². The summed E-state index contributed by atoms with van der Waals surface area (Å²) in [6.07, 6.45) is 4.16. The number of fused-ring (bicyclic) bond motifs is 2. The van der Waals surface area contributed by atoms with E-state index in [-0.39, 0.29) is 28.6 Å². The molecule has 0 saturated carbocycles. The highest BCUT2D eigenvalue weighted by atomic mass is 15.2. The highest BCUT2D eigenvalue weighted by Crippen LogP contribution is 2.45. The zero-order valence-corrected chi connectivity index (χ0v) is 20.9. The van der Waals surface area contributed by atoms with E-state index in [0.29, 0.717) is 11.4 Å². The van der Waals surface area contributed by atoms with Crippen LogP contribution in [0.15, 0.2) is 59.6 Å². The van der Waals surface area contributed by atoms with Crippen LogP contribution in [0.3, 0.4) is 0 Å². The van der Waals surface area contributed by atoms with E-state index in [1.165, 1.54) is 5.56 Å². The van der Waals surface area contributed by atoms with Crippen molar-refractivity contribution in [1.29, 1.82) is 10.5 Å². The predicted octanol–water partition coefficient (Wildman–Crippen LogP) is 4.26. The van der Waals surface area contributed by atoms with Gasteiger partial charge in [-0.05, 0) is 49.6 Å². The molecule has 1 atom stereocenters. The summed E-state index contributed by atoms with van der Waals surface area (Å²) < 4.78 is 0. The Morgan fingerprint density at radius 3 is 2.59 bits per heavy atom. The van der Waals surface area contributed by atoms with Gasteiger partial charge in [0.1, 0.15) is 29.3 Å². The number of rotatable bonds is 3. The number of pyridine rings is 1. The first-order valence-corrected chi connectivity index (χ1v) is 11.9. The summed E-state index contributed by atoms with van der Waals surface area (Å²) in [4.78, 5) is 11.4. The van der Waals surface area contributed by atoms with Crippen LogP contribution in [0.25, 0.3) is 5.57 Å². The molecular formula is C28H27N9. The van der Waals surface area contributed by atoms with Crippen molar-refractivity contribution in [3.63, 3.8) is 0 Å². The monoisotopic (exact) mass is 489 g/mol. The number of nitrogen functional groups attached to an aromatic ring is 2. The Kier molecular flexibility index (Phi) is 5.69. The first kappa shape index (κ1) is 23.7. The number of guanidine groups is 1. The van der Waals surface area contributed by atoms with Crippen LogP contribution < -0.4 is 27.0 Å². The van der Waals surface area contributed by atoms with E-state index in [2.05, 4.69) is 83.8 Å². The third-order valence-electron chi connectivity index (χ3n) is 6.86. The van der Waals surface area contributed by atoms with Gasteiger partial charge in [0.05, 0.1) is 11.2 Å². The highest BCUT2D eigenvalue weighted by molar-refractivity contribution is 5.98. The molecule has 1 unspecified atom stereocenters. The van der Waals surface area contributed by atoms with E-state index < -0.39 is 6.04 Å². The zero-order chi connectivity index (χ0) is 26.3. The highest BCUT2D eigenvalue weighted by Gasteiger charge is 2.34. The number of nitrogens with zero attached hydrogens (tertiary/aromatic N) is 5. The molecule has 3 aromatic rings. The molecule has 0 fully saturated rings. The van der Waals surface area contributed by atoms with E-state index in [4.69, 9.17) is 16.5 Å². The number of nitriles is 2. The van der Waals surface area contributed by atoms with Crippen LogP contribution in [0.1, 0.15) is 54.6 Å². The van der Waals surface area contributed by atoms with Gasteiger partial charge in [0.2, 0.25) is 5.96 Å². The molecule has 9 heteroatoms. The smallest absolute Gasteiger partial charge is 0.211 e. The maximum atomic E-state index is 9.61. The van der Waals surface area contributed by atoms with Crippen molar-refractivity contribution in [3.8, 4) is 12.3 Å². The van der Waals surface area contributed by atoms with Crippen molar-refractivity contribution < 1.29 is 0 Å². The van der Waals surface area contributed by atoms with Crippen molar-refractivity contribution in [2.24, 2.45) is 4.99 Å². The molecule has 0 radical (unpaired) electrons. The van der Waals surface area contributed by atoms with Crippen molar-refractivity contribution in [1.82, 2.24) is 10.3 Å². The minimum Gasteiger partial charge on any atom is -0.397 e. The van der Waals surface area contributed by atoms with E-state index in [9.17, 15) is 10.5 Å². The molecule has 184 valence electrons. The number of benzene rings is 2. The van der Waals surface area contributed by atoms with Crippen LogP contribution in [-0.4, -0.2) is 16.5 Å². The topological polar surface area (TPSA) is 152 Å². The average molecular weight is 490 g/mol. The Morgan fingerprint density at radius 1 is 1.14 bits per heavy atom. The first-order valence-electron chi connectivity index (χ1n) is 11.9. The Morgan fingerprint density at radius 2 is 1.89 bits per heavy atom. The average Bonchev–Trinajstić information content (AvgIpc) is 2.86. The predicted molar refractivity (Wildman–Crippen MR) is 146 cm³/mol. The number of aliphatic imine (C=N–C) groups is 1. The van der Waals surface area contributed by atoms with Crippen molar-refractivity contribution in [2.75, 3.05) is 21.7 Å². The Bertz CT molecular complexity index is 1540. The second-order valence-electron chi connectivity index (χ2n) is 9.73. The van der Waals surface area contributed by atoms with E-state index in [1.807, 2.05) is 24.4 Å². The minimum absolute atomic E-state index is 0.0196. The first-order chi connectivity index (χ1) is 17.7. The van der Waals surface area contributed by atoms with E-state index >= 15 is 0 Å². The van der Waals surface area contributed by atoms with Gasteiger partial charge in [0.25, 0.3) is 0 Å². The molecule has 2 aliphatic heterocycles. The standard InChI is InChI=1S/C28H27N9/c1-16-12-28(2,3)37(14-17-7-5-4-6-8-17)21-10-9-18(11-19(16)21)24-22-23(31)20(13-29)25(32)35-26(22)36-27(34-24)33-15-30/h4-12,24H,14H2,1-3H3,(H6,31,32,33,34,35,36). The summed E-state index contributed by atoms with van der Waals surface area (Å²) in [6, 6.07) is 18.1. The fourth-order valence-corrected chi connectivity index (χ4v) is 5.15. The van der Waals surface area contributed by atoms with Gasteiger partial charge < -0.3 is 21.7 Å². The normalized spacial score (nSPS) is 17.2. The van der Waals surface area contributed by atoms with Gasteiger partial charge in [-0.3, -0.25) is 5.32 Å². The number of hydrogen-bond acceptors (Lipinski definition) is 9. The maximum absolute atomic E-state index is 9.61. The summed E-state index contributed by atoms with van der Waals surface area (Å²) in [7, 11) is 0. The molecule has 0 amide bonds. The molecule has 2 aliphatic rings. The summed E-state index contributed by atoms with van der Waals surface area (Å²) in [6.45, 7) is 7.29. The third-order valence-corrected chi connectivity index (χ3v) is 6.86. The fourth-order valence-electron chi connectivity index (χ4n) is 5.15. The summed E-state index contributed by atoms with van der Waals surface area (Å²) in [5.74, 6) is 0.614. The molecule has 0 aliphatic carbocycles. The number of aromatic nitrogens is 1. The summed E-state index contributed by atoms with van der Waals surface area (Å²) >= 11 is 0. The third kappa shape index (κ3) is 4.07. The zero-order valence-electron chi connectivity index (χ0n) is 20.9. The van der Waals surface area contributed by atoms with Gasteiger partial charge in [-0.1, -0.05) is 42.5 Å².